The van der Waals surface area contributed by atoms with Crippen LogP contribution >= 0.6 is 0 Å². The largest absolute Gasteiger partial charge is 0.326 e. The fraction of sp³-hybridized carbons (Fsp3) is 0.647. The van der Waals surface area contributed by atoms with Crippen LogP contribution in [-0.2, 0) is 0 Å². The van der Waals surface area contributed by atoms with Gasteiger partial charge in [0.1, 0.15) is 5.82 Å². The average molecular weight is 278 g/mol. The monoisotopic (exact) mass is 278 g/mol. The predicted octanol–water partition coefficient (Wildman–Crippen LogP) is 3.87. The highest BCUT2D eigenvalue weighted by atomic mass is 19.1. The first-order chi connectivity index (χ1) is 9.67. The number of hydrogen-bond donors (Lipinski definition) is 1. The summed E-state index contributed by atoms with van der Waals surface area (Å²) in [6.45, 7) is 5.43. The summed E-state index contributed by atoms with van der Waals surface area (Å²) in [6.07, 6.45) is 5.81. The van der Waals surface area contributed by atoms with E-state index in [1.54, 1.807) is 12.1 Å². The van der Waals surface area contributed by atoms with Crippen molar-refractivity contribution in [2.45, 2.75) is 64.1 Å². The van der Waals surface area contributed by atoms with Crippen LogP contribution in [0.1, 0.15) is 57.6 Å². The highest BCUT2D eigenvalue weighted by Crippen LogP contribution is 2.32. The topological polar surface area (TPSA) is 29.3 Å². The number of piperidine rings is 1. The predicted molar refractivity (Wildman–Crippen MR) is 82.0 cm³/mol. The molecule has 1 fully saturated rings. The molecule has 1 aromatic carbocycles. The molecule has 3 unspecified atom stereocenters. The van der Waals surface area contributed by atoms with Gasteiger partial charge in [-0.3, -0.25) is 4.90 Å². The van der Waals surface area contributed by atoms with Crippen molar-refractivity contribution in [2.24, 2.45) is 5.73 Å². The van der Waals surface area contributed by atoms with Crippen molar-refractivity contribution < 1.29 is 4.39 Å². The van der Waals surface area contributed by atoms with Crippen LogP contribution in [0, 0.1) is 5.82 Å². The molecule has 3 atom stereocenters. The molecule has 0 amide bonds. The number of hydrogen-bond acceptors (Lipinski definition) is 2. The van der Waals surface area contributed by atoms with Crippen molar-refractivity contribution >= 4 is 0 Å². The second-order valence-corrected chi connectivity index (χ2v) is 5.87. The maximum absolute atomic E-state index is 13.6. The van der Waals surface area contributed by atoms with Crippen LogP contribution in [0.25, 0.3) is 0 Å². The molecule has 0 saturated carbocycles. The molecule has 2 nitrogen and oxygen atoms in total. The van der Waals surface area contributed by atoms with Crippen molar-refractivity contribution in [3.8, 4) is 0 Å². The third kappa shape index (κ3) is 3.39. The van der Waals surface area contributed by atoms with Crippen LogP contribution in [0.2, 0.25) is 0 Å². The van der Waals surface area contributed by atoms with E-state index in [2.05, 4.69) is 18.7 Å². The summed E-state index contributed by atoms with van der Waals surface area (Å²) in [6, 6.07) is 7.75. The van der Waals surface area contributed by atoms with E-state index < -0.39 is 0 Å². The molecular weight excluding hydrogens is 251 g/mol. The SMILES string of the molecule is CCC(N)C(c1cccc(F)c1)N1CCCCC1CC. The van der Waals surface area contributed by atoms with Crippen LogP contribution in [0.3, 0.4) is 0 Å². The first kappa shape index (κ1) is 15.5. The Morgan fingerprint density at radius 2 is 2.15 bits per heavy atom. The van der Waals surface area contributed by atoms with E-state index in [9.17, 15) is 4.39 Å². The molecule has 0 bridgehead atoms. The number of rotatable bonds is 5. The van der Waals surface area contributed by atoms with Gasteiger partial charge in [-0.25, -0.2) is 4.39 Å². The van der Waals surface area contributed by atoms with Crippen LogP contribution in [-0.4, -0.2) is 23.5 Å². The van der Waals surface area contributed by atoms with Crippen molar-refractivity contribution in [2.75, 3.05) is 6.54 Å². The molecule has 0 aromatic heterocycles. The van der Waals surface area contributed by atoms with Crippen molar-refractivity contribution in [3.05, 3.63) is 35.6 Å². The minimum absolute atomic E-state index is 0.0592. The van der Waals surface area contributed by atoms with Crippen LogP contribution in [0.5, 0.6) is 0 Å². The van der Waals surface area contributed by atoms with Gasteiger partial charge in [-0.05, 0) is 49.9 Å². The lowest BCUT2D eigenvalue weighted by Crippen LogP contribution is -2.48. The van der Waals surface area contributed by atoms with Crippen molar-refractivity contribution in [1.29, 1.82) is 0 Å². The van der Waals surface area contributed by atoms with Gasteiger partial charge in [0.25, 0.3) is 0 Å². The minimum Gasteiger partial charge on any atom is -0.326 e. The molecular formula is C17H27FN2. The quantitative estimate of drug-likeness (QED) is 0.886. The number of nitrogens with zero attached hydrogens (tertiary/aromatic N) is 1. The van der Waals surface area contributed by atoms with E-state index in [1.807, 2.05) is 6.07 Å². The lowest BCUT2D eigenvalue weighted by molar-refractivity contribution is 0.0756. The Labute approximate surface area is 122 Å². The molecule has 1 saturated heterocycles. The zero-order chi connectivity index (χ0) is 14.5. The Hall–Kier alpha value is -0.930. The van der Waals surface area contributed by atoms with Crippen LogP contribution in [0.15, 0.2) is 24.3 Å². The minimum atomic E-state index is -0.166. The molecule has 1 aliphatic heterocycles. The summed E-state index contributed by atoms with van der Waals surface area (Å²) in [5, 5.41) is 0. The molecule has 0 spiro atoms. The molecule has 3 heteroatoms. The van der Waals surface area contributed by atoms with E-state index in [4.69, 9.17) is 5.73 Å². The van der Waals surface area contributed by atoms with E-state index in [0.717, 1.165) is 24.9 Å². The standard InChI is InChI=1S/C17H27FN2/c1-3-15-10-5-6-11-20(15)17(16(19)4-2)13-8-7-9-14(18)12-13/h7-9,12,15-17H,3-6,10-11,19H2,1-2H3. The first-order valence-corrected chi connectivity index (χ1v) is 7.94. The van der Waals surface area contributed by atoms with Crippen molar-refractivity contribution in [3.63, 3.8) is 0 Å². The summed E-state index contributed by atoms with van der Waals surface area (Å²) in [7, 11) is 0. The first-order valence-electron chi connectivity index (χ1n) is 7.94. The summed E-state index contributed by atoms with van der Waals surface area (Å²) < 4.78 is 13.6. The summed E-state index contributed by atoms with van der Waals surface area (Å²) in [5.74, 6) is -0.166. The van der Waals surface area contributed by atoms with E-state index in [1.165, 1.54) is 25.3 Å². The average Bonchev–Trinajstić information content (AvgIpc) is 2.48. The smallest absolute Gasteiger partial charge is 0.123 e. The van der Waals surface area contributed by atoms with Gasteiger partial charge in [-0.15, -0.1) is 0 Å². The van der Waals surface area contributed by atoms with E-state index in [0.29, 0.717) is 6.04 Å². The molecule has 0 aliphatic carbocycles. The third-order valence-electron chi connectivity index (χ3n) is 4.57. The number of nitrogens with two attached hydrogens (primary N) is 1. The Bertz CT molecular complexity index is 421. The maximum atomic E-state index is 13.6. The zero-order valence-corrected chi connectivity index (χ0v) is 12.7. The van der Waals surface area contributed by atoms with Crippen LogP contribution in [0.4, 0.5) is 4.39 Å². The van der Waals surface area contributed by atoms with Gasteiger partial charge in [-0.2, -0.15) is 0 Å². The lowest BCUT2D eigenvalue weighted by atomic mass is 9.90. The highest BCUT2D eigenvalue weighted by molar-refractivity contribution is 5.22. The highest BCUT2D eigenvalue weighted by Gasteiger charge is 2.32. The Kier molecular flexibility index (Phi) is 5.55. The molecule has 1 aromatic rings. The fourth-order valence-corrected chi connectivity index (χ4v) is 3.43. The Morgan fingerprint density at radius 1 is 1.35 bits per heavy atom. The van der Waals surface area contributed by atoms with Gasteiger partial charge in [0.2, 0.25) is 0 Å². The third-order valence-corrected chi connectivity index (χ3v) is 4.57. The van der Waals surface area contributed by atoms with E-state index >= 15 is 0 Å². The lowest BCUT2D eigenvalue weighted by Gasteiger charge is -2.43. The Morgan fingerprint density at radius 3 is 2.80 bits per heavy atom. The number of halogens is 1. The van der Waals surface area contributed by atoms with E-state index in [-0.39, 0.29) is 17.9 Å². The summed E-state index contributed by atoms with van der Waals surface area (Å²) in [5.41, 5.74) is 7.41. The molecule has 20 heavy (non-hydrogen) atoms. The Balaban J connectivity index is 2.31. The van der Waals surface area contributed by atoms with Crippen molar-refractivity contribution in [1.82, 2.24) is 4.90 Å². The second-order valence-electron chi connectivity index (χ2n) is 5.87. The zero-order valence-electron chi connectivity index (χ0n) is 12.7. The molecule has 1 heterocycles. The summed E-state index contributed by atoms with van der Waals surface area (Å²) >= 11 is 0. The van der Waals surface area contributed by atoms with Gasteiger partial charge < -0.3 is 5.73 Å². The van der Waals surface area contributed by atoms with Crippen LogP contribution < -0.4 is 5.73 Å². The second kappa shape index (κ2) is 7.19. The summed E-state index contributed by atoms with van der Waals surface area (Å²) in [4.78, 5) is 2.52. The molecule has 1 aliphatic rings. The van der Waals surface area contributed by atoms with Gasteiger partial charge in [0.15, 0.2) is 0 Å². The van der Waals surface area contributed by atoms with Gasteiger partial charge in [-0.1, -0.05) is 32.4 Å². The van der Waals surface area contributed by atoms with Gasteiger partial charge in [0, 0.05) is 12.1 Å². The normalized spacial score (nSPS) is 23.5. The number of likely N-dealkylation sites (tertiary alicyclic amines) is 1. The molecule has 112 valence electrons. The fourth-order valence-electron chi connectivity index (χ4n) is 3.43. The van der Waals surface area contributed by atoms with Gasteiger partial charge in [0.05, 0.1) is 6.04 Å². The molecule has 2 N–H and O–H groups in total. The molecule has 0 radical (unpaired) electrons. The van der Waals surface area contributed by atoms with Gasteiger partial charge >= 0.3 is 0 Å². The maximum Gasteiger partial charge on any atom is 0.123 e. The number of benzene rings is 1. The molecule has 2 rings (SSSR count).